The van der Waals surface area contributed by atoms with Gasteiger partial charge in [0.15, 0.2) is 5.82 Å². The predicted octanol–water partition coefficient (Wildman–Crippen LogP) is 7.11. The molecule has 1 aromatic heterocycles. The number of aromatic nitrogens is 2. The summed E-state index contributed by atoms with van der Waals surface area (Å²) < 4.78 is 41.3. The Kier molecular flexibility index (Phi) is 5.97. The fourth-order valence-electron chi connectivity index (χ4n) is 3.45. The third kappa shape index (κ3) is 5.61. The van der Waals surface area contributed by atoms with Crippen LogP contribution in [0.1, 0.15) is 31.9 Å². The van der Waals surface area contributed by atoms with Crippen molar-refractivity contribution in [2.75, 3.05) is 5.32 Å². The van der Waals surface area contributed by atoms with Gasteiger partial charge in [0, 0.05) is 17.5 Å². The van der Waals surface area contributed by atoms with Gasteiger partial charge in [-0.15, -0.1) is 13.2 Å². The van der Waals surface area contributed by atoms with Gasteiger partial charge in [-0.25, -0.2) is 9.97 Å². The second-order valence-electron chi connectivity index (χ2n) is 8.79. The molecule has 1 heterocycles. The van der Waals surface area contributed by atoms with Crippen LogP contribution in [0, 0.1) is 0 Å². The molecule has 0 saturated carbocycles. The summed E-state index contributed by atoms with van der Waals surface area (Å²) in [4.78, 5) is 9.25. The molecule has 4 aromatic rings. The van der Waals surface area contributed by atoms with E-state index in [9.17, 15) is 13.2 Å². The Morgan fingerprint density at radius 1 is 0.818 bits per heavy atom. The number of hydrogen-bond donors (Lipinski definition) is 1. The van der Waals surface area contributed by atoms with Gasteiger partial charge >= 0.3 is 6.36 Å². The number of fused-ring (bicyclic) bond motifs is 1. The molecule has 0 unspecified atom stereocenters. The van der Waals surface area contributed by atoms with Crippen LogP contribution < -0.4 is 10.1 Å². The molecule has 7 heteroatoms. The van der Waals surface area contributed by atoms with Gasteiger partial charge in [0.25, 0.3) is 0 Å². The first-order chi connectivity index (χ1) is 15.6. The van der Waals surface area contributed by atoms with Crippen LogP contribution in [0.5, 0.6) is 5.75 Å². The lowest BCUT2D eigenvalue weighted by Crippen LogP contribution is -2.16. The van der Waals surface area contributed by atoms with Gasteiger partial charge in [-0.3, -0.25) is 0 Å². The van der Waals surface area contributed by atoms with Crippen LogP contribution in [-0.4, -0.2) is 16.3 Å². The lowest BCUT2D eigenvalue weighted by molar-refractivity contribution is -0.274. The largest absolute Gasteiger partial charge is 0.573 e. The lowest BCUT2D eigenvalue weighted by atomic mass is 9.87. The van der Waals surface area contributed by atoms with Gasteiger partial charge in [0.05, 0.1) is 5.52 Å². The highest BCUT2D eigenvalue weighted by molar-refractivity contribution is 5.90. The third-order valence-electron chi connectivity index (χ3n) is 5.23. The molecule has 0 atom stereocenters. The van der Waals surface area contributed by atoms with Crippen molar-refractivity contribution in [2.45, 2.75) is 39.1 Å². The zero-order chi connectivity index (χ0) is 23.6. The van der Waals surface area contributed by atoms with E-state index in [0.29, 0.717) is 23.8 Å². The average molecular weight is 451 g/mol. The smallest absolute Gasteiger partial charge is 0.406 e. The normalized spacial score (nSPS) is 12.1. The third-order valence-corrected chi connectivity index (χ3v) is 5.23. The summed E-state index contributed by atoms with van der Waals surface area (Å²) in [6.07, 6.45) is -4.73. The SMILES string of the molecule is CC(C)(C)c1ccc(CNc2nc(-c3ccc(OC(F)(F)F)cc3)nc3ccccc23)cc1. The van der Waals surface area contributed by atoms with E-state index in [-0.39, 0.29) is 11.2 Å². The van der Waals surface area contributed by atoms with E-state index in [1.165, 1.54) is 29.8 Å². The number of hydrogen-bond acceptors (Lipinski definition) is 4. The molecule has 4 rings (SSSR count). The zero-order valence-corrected chi connectivity index (χ0v) is 18.6. The van der Waals surface area contributed by atoms with Crippen LogP contribution in [0.15, 0.2) is 72.8 Å². The summed E-state index contributed by atoms with van der Waals surface area (Å²) in [6, 6.07) is 21.6. The number of alkyl halides is 3. The zero-order valence-electron chi connectivity index (χ0n) is 18.6. The number of nitrogens with one attached hydrogen (secondary N) is 1. The number of nitrogens with zero attached hydrogens (tertiary/aromatic N) is 2. The van der Waals surface area contributed by atoms with Gasteiger partial charge in [-0.05, 0) is 52.9 Å². The molecule has 0 fully saturated rings. The van der Waals surface area contributed by atoms with Crippen LogP contribution in [0.3, 0.4) is 0 Å². The molecule has 0 aliphatic carbocycles. The van der Waals surface area contributed by atoms with Crippen LogP contribution >= 0.6 is 0 Å². The first-order valence-electron chi connectivity index (χ1n) is 10.5. The minimum absolute atomic E-state index is 0.0877. The fourth-order valence-corrected chi connectivity index (χ4v) is 3.45. The molecule has 170 valence electrons. The minimum atomic E-state index is -4.73. The Bertz CT molecular complexity index is 1250. The summed E-state index contributed by atoms with van der Waals surface area (Å²) in [7, 11) is 0. The Balaban J connectivity index is 1.61. The van der Waals surface area contributed by atoms with Crippen molar-refractivity contribution in [1.82, 2.24) is 9.97 Å². The molecule has 3 aromatic carbocycles. The molecule has 1 N–H and O–H groups in total. The molecule has 0 bridgehead atoms. The van der Waals surface area contributed by atoms with E-state index in [1.807, 2.05) is 24.3 Å². The Hall–Kier alpha value is -3.61. The van der Waals surface area contributed by atoms with E-state index in [0.717, 1.165) is 16.5 Å². The molecule has 4 nitrogen and oxygen atoms in total. The molecule has 0 amide bonds. The average Bonchev–Trinajstić information content (AvgIpc) is 2.76. The second-order valence-corrected chi connectivity index (χ2v) is 8.79. The van der Waals surface area contributed by atoms with Crippen molar-refractivity contribution in [2.24, 2.45) is 0 Å². The maximum Gasteiger partial charge on any atom is 0.573 e. The number of ether oxygens (including phenoxy) is 1. The minimum Gasteiger partial charge on any atom is -0.406 e. The van der Waals surface area contributed by atoms with Crippen LogP contribution in [0.4, 0.5) is 19.0 Å². The van der Waals surface area contributed by atoms with Gasteiger partial charge in [-0.1, -0.05) is 57.2 Å². The predicted molar refractivity (Wildman–Crippen MR) is 124 cm³/mol. The highest BCUT2D eigenvalue weighted by atomic mass is 19.4. The van der Waals surface area contributed by atoms with Gasteiger partial charge in [-0.2, -0.15) is 0 Å². The standard InChI is InChI=1S/C26H24F3N3O/c1-25(2,3)19-12-8-17(9-13-19)16-30-24-21-6-4-5-7-22(21)31-23(32-24)18-10-14-20(15-11-18)33-26(27,28)29/h4-15H,16H2,1-3H3,(H,30,31,32). The van der Waals surface area contributed by atoms with Crippen molar-refractivity contribution in [3.63, 3.8) is 0 Å². The fraction of sp³-hybridized carbons (Fsp3) is 0.231. The maximum atomic E-state index is 12.4. The summed E-state index contributed by atoms with van der Waals surface area (Å²) >= 11 is 0. The monoisotopic (exact) mass is 451 g/mol. The summed E-state index contributed by atoms with van der Waals surface area (Å²) in [5.41, 5.74) is 3.79. The van der Waals surface area contributed by atoms with E-state index >= 15 is 0 Å². The van der Waals surface area contributed by atoms with E-state index in [4.69, 9.17) is 0 Å². The second kappa shape index (κ2) is 8.73. The van der Waals surface area contributed by atoms with E-state index in [2.05, 4.69) is 65.1 Å². The van der Waals surface area contributed by atoms with Crippen molar-refractivity contribution < 1.29 is 17.9 Å². The molecule has 0 spiro atoms. The van der Waals surface area contributed by atoms with Crippen LogP contribution in [-0.2, 0) is 12.0 Å². The van der Waals surface area contributed by atoms with Crippen LogP contribution in [0.2, 0.25) is 0 Å². The van der Waals surface area contributed by atoms with E-state index < -0.39 is 6.36 Å². The highest BCUT2D eigenvalue weighted by Crippen LogP contribution is 2.29. The molecule has 0 saturated heterocycles. The van der Waals surface area contributed by atoms with Crippen molar-refractivity contribution >= 4 is 16.7 Å². The van der Waals surface area contributed by atoms with E-state index in [1.54, 1.807) is 0 Å². The van der Waals surface area contributed by atoms with Crippen molar-refractivity contribution in [3.05, 3.63) is 83.9 Å². The first kappa shape index (κ1) is 22.6. The van der Waals surface area contributed by atoms with Crippen molar-refractivity contribution in [3.8, 4) is 17.1 Å². The quantitative estimate of drug-likeness (QED) is 0.351. The number of halogens is 3. The Labute approximate surface area is 190 Å². The lowest BCUT2D eigenvalue weighted by Gasteiger charge is -2.19. The number of anilines is 1. The summed E-state index contributed by atoms with van der Waals surface area (Å²) in [5, 5.41) is 4.26. The number of rotatable bonds is 5. The summed E-state index contributed by atoms with van der Waals surface area (Å²) in [5.74, 6) is 0.785. The topological polar surface area (TPSA) is 47.0 Å². The van der Waals surface area contributed by atoms with Crippen LogP contribution in [0.25, 0.3) is 22.3 Å². The Morgan fingerprint density at radius 3 is 2.12 bits per heavy atom. The maximum absolute atomic E-state index is 12.4. The first-order valence-corrected chi connectivity index (χ1v) is 10.5. The van der Waals surface area contributed by atoms with Crippen molar-refractivity contribution in [1.29, 1.82) is 0 Å². The molecule has 0 radical (unpaired) electrons. The molecule has 33 heavy (non-hydrogen) atoms. The van der Waals surface area contributed by atoms with Gasteiger partial charge in [0.1, 0.15) is 11.6 Å². The molecule has 0 aliphatic heterocycles. The molecule has 0 aliphatic rings. The number of benzene rings is 3. The number of para-hydroxylation sites is 1. The molecular weight excluding hydrogens is 427 g/mol. The summed E-state index contributed by atoms with van der Waals surface area (Å²) in [6.45, 7) is 7.10. The van der Waals surface area contributed by atoms with Gasteiger partial charge < -0.3 is 10.1 Å². The van der Waals surface area contributed by atoms with Gasteiger partial charge in [0.2, 0.25) is 0 Å². The molecular formula is C26H24F3N3O. The highest BCUT2D eigenvalue weighted by Gasteiger charge is 2.31. The Morgan fingerprint density at radius 2 is 1.48 bits per heavy atom.